The number of aliphatic imine (C=N–C) groups is 1. The van der Waals surface area contributed by atoms with Crippen molar-refractivity contribution in [1.82, 2.24) is 0 Å². The summed E-state index contributed by atoms with van der Waals surface area (Å²) >= 11 is 0. The van der Waals surface area contributed by atoms with Crippen molar-refractivity contribution < 1.29 is 19.1 Å². The molecule has 1 fully saturated rings. The van der Waals surface area contributed by atoms with Gasteiger partial charge in [0.05, 0.1) is 17.9 Å². The molecule has 0 amide bonds. The van der Waals surface area contributed by atoms with Crippen molar-refractivity contribution in [3.05, 3.63) is 29.8 Å². The van der Waals surface area contributed by atoms with Crippen molar-refractivity contribution in [1.29, 1.82) is 0 Å². The maximum atomic E-state index is 12.1. The van der Waals surface area contributed by atoms with Gasteiger partial charge in [0.2, 0.25) is 0 Å². The minimum Gasteiger partial charge on any atom is -0.462 e. The van der Waals surface area contributed by atoms with Crippen molar-refractivity contribution in [2.24, 2.45) is 16.3 Å². The van der Waals surface area contributed by atoms with Crippen LogP contribution in [0.25, 0.3) is 0 Å². The fourth-order valence-corrected chi connectivity index (χ4v) is 2.63. The SMILES string of the molecule is CCOC(=O)c1ccc(N=CC2C(=O)CC(C)(C)CC2=O)cc1. The third-order valence-corrected chi connectivity index (χ3v) is 3.75. The Morgan fingerprint density at radius 1 is 1.22 bits per heavy atom. The predicted octanol–water partition coefficient (Wildman–Crippen LogP) is 3.14. The van der Waals surface area contributed by atoms with Crippen LogP contribution in [0.2, 0.25) is 0 Å². The number of carbonyl (C=O) groups is 3. The number of ether oxygens (including phenoxy) is 1. The van der Waals surface area contributed by atoms with E-state index < -0.39 is 5.92 Å². The van der Waals surface area contributed by atoms with E-state index in [9.17, 15) is 14.4 Å². The summed E-state index contributed by atoms with van der Waals surface area (Å²) in [6, 6.07) is 6.53. The normalized spacial score (nSPS) is 18.4. The molecule has 0 bridgehead atoms. The van der Waals surface area contributed by atoms with E-state index >= 15 is 0 Å². The highest BCUT2D eigenvalue weighted by Crippen LogP contribution is 2.33. The molecule has 2 rings (SSSR count). The van der Waals surface area contributed by atoms with Crippen LogP contribution in [0.3, 0.4) is 0 Å². The lowest BCUT2D eigenvalue weighted by atomic mass is 9.72. The van der Waals surface area contributed by atoms with Crippen molar-refractivity contribution in [3.8, 4) is 0 Å². The van der Waals surface area contributed by atoms with Gasteiger partial charge in [-0.25, -0.2) is 4.79 Å². The van der Waals surface area contributed by atoms with Crippen molar-refractivity contribution in [2.45, 2.75) is 33.6 Å². The zero-order valence-electron chi connectivity index (χ0n) is 13.7. The molecular weight excluding hydrogens is 294 g/mol. The van der Waals surface area contributed by atoms with E-state index in [4.69, 9.17) is 4.74 Å². The number of ketones is 2. The standard InChI is InChI=1S/C18H21NO4/c1-4-23-17(22)12-5-7-13(8-6-12)19-11-14-15(20)9-18(2,3)10-16(14)21/h5-8,11,14H,4,9-10H2,1-3H3. The average molecular weight is 315 g/mol. The van der Waals surface area contributed by atoms with Crippen LogP contribution in [0.4, 0.5) is 5.69 Å². The highest BCUT2D eigenvalue weighted by atomic mass is 16.5. The highest BCUT2D eigenvalue weighted by molar-refractivity contribution is 6.16. The molecule has 0 N–H and O–H groups in total. The Bertz CT molecular complexity index is 623. The molecule has 1 aliphatic rings. The van der Waals surface area contributed by atoms with Crippen molar-refractivity contribution >= 4 is 29.4 Å². The molecule has 1 aliphatic carbocycles. The van der Waals surface area contributed by atoms with Gasteiger partial charge in [0.25, 0.3) is 0 Å². The molecule has 122 valence electrons. The summed E-state index contributed by atoms with van der Waals surface area (Å²) in [6.45, 7) is 5.91. The van der Waals surface area contributed by atoms with E-state index in [1.165, 1.54) is 6.21 Å². The van der Waals surface area contributed by atoms with Crippen LogP contribution in [0.15, 0.2) is 29.3 Å². The maximum absolute atomic E-state index is 12.1. The molecule has 0 saturated heterocycles. The van der Waals surface area contributed by atoms with Crippen LogP contribution in [-0.2, 0) is 14.3 Å². The fraction of sp³-hybridized carbons (Fsp3) is 0.444. The van der Waals surface area contributed by atoms with Crippen LogP contribution < -0.4 is 0 Å². The van der Waals surface area contributed by atoms with Crippen molar-refractivity contribution in [3.63, 3.8) is 0 Å². The molecule has 5 nitrogen and oxygen atoms in total. The van der Waals surface area contributed by atoms with E-state index in [2.05, 4.69) is 4.99 Å². The molecule has 0 radical (unpaired) electrons. The number of carbonyl (C=O) groups excluding carboxylic acids is 3. The maximum Gasteiger partial charge on any atom is 0.338 e. The second-order valence-corrected chi connectivity index (χ2v) is 6.47. The Morgan fingerprint density at radius 3 is 2.30 bits per heavy atom. The van der Waals surface area contributed by atoms with Gasteiger partial charge in [0, 0.05) is 19.1 Å². The minimum atomic E-state index is -0.757. The number of nitrogens with zero attached hydrogens (tertiary/aromatic N) is 1. The quantitative estimate of drug-likeness (QED) is 0.486. The number of hydrogen-bond acceptors (Lipinski definition) is 5. The predicted molar refractivity (Wildman–Crippen MR) is 87.1 cm³/mol. The molecule has 0 unspecified atom stereocenters. The Morgan fingerprint density at radius 2 is 1.78 bits per heavy atom. The van der Waals surface area contributed by atoms with Gasteiger partial charge in [-0.15, -0.1) is 0 Å². The molecule has 1 saturated carbocycles. The van der Waals surface area contributed by atoms with Gasteiger partial charge in [-0.05, 0) is 36.6 Å². The summed E-state index contributed by atoms with van der Waals surface area (Å²) < 4.78 is 4.90. The molecule has 0 aromatic heterocycles. The Balaban J connectivity index is 2.07. The molecule has 23 heavy (non-hydrogen) atoms. The van der Waals surface area contributed by atoms with E-state index in [1.807, 2.05) is 13.8 Å². The molecule has 0 atom stereocenters. The largest absolute Gasteiger partial charge is 0.462 e. The summed E-state index contributed by atoms with van der Waals surface area (Å²) in [5.41, 5.74) is 0.764. The first kappa shape index (κ1) is 17.1. The Hall–Kier alpha value is -2.30. The Kier molecular flexibility index (Phi) is 5.08. The third kappa shape index (κ3) is 4.34. The monoisotopic (exact) mass is 315 g/mol. The van der Waals surface area contributed by atoms with E-state index in [0.717, 1.165) is 0 Å². The number of benzene rings is 1. The molecule has 1 aromatic rings. The second kappa shape index (κ2) is 6.86. The van der Waals surface area contributed by atoms with E-state index in [-0.39, 0.29) is 23.0 Å². The van der Waals surface area contributed by atoms with Crippen LogP contribution in [0, 0.1) is 11.3 Å². The lowest BCUT2D eigenvalue weighted by Gasteiger charge is -2.30. The van der Waals surface area contributed by atoms with Gasteiger partial charge in [-0.1, -0.05) is 13.8 Å². The summed E-state index contributed by atoms with van der Waals surface area (Å²) in [4.78, 5) is 39.9. The topological polar surface area (TPSA) is 72.8 Å². The molecular formula is C18H21NO4. The fourth-order valence-electron chi connectivity index (χ4n) is 2.63. The second-order valence-electron chi connectivity index (χ2n) is 6.47. The zero-order chi connectivity index (χ0) is 17.0. The first-order valence-electron chi connectivity index (χ1n) is 7.69. The molecule has 1 aromatic carbocycles. The third-order valence-electron chi connectivity index (χ3n) is 3.75. The van der Waals surface area contributed by atoms with Gasteiger partial charge >= 0.3 is 5.97 Å². The van der Waals surface area contributed by atoms with Gasteiger partial charge in [0.15, 0.2) is 0 Å². The Labute approximate surface area is 135 Å². The van der Waals surface area contributed by atoms with Crippen LogP contribution in [-0.4, -0.2) is 30.4 Å². The smallest absolute Gasteiger partial charge is 0.338 e. The minimum absolute atomic E-state index is 0.0851. The van der Waals surface area contributed by atoms with Gasteiger partial charge in [-0.3, -0.25) is 14.6 Å². The van der Waals surface area contributed by atoms with Gasteiger partial charge in [-0.2, -0.15) is 0 Å². The van der Waals surface area contributed by atoms with Gasteiger partial charge in [0.1, 0.15) is 17.5 Å². The average Bonchev–Trinajstić information content (AvgIpc) is 2.46. The van der Waals surface area contributed by atoms with Crippen molar-refractivity contribution in [2.75, 3.05) is 6.61 Å². The summed E-state index contributed by atoms with van der Waals surface area (Å²) in [6.07, 6.45) is 2.19. The number of hydrogen-bond donors (Lipinski definition) is 0. The molecule has 5 heteroatoms. The first-order chi connectivity index (χ1) is 10.8. The van der Waals surface area contributed by atoms with E-state index in [0.29, 0.717) is 30.7 Å². The number of esters is 1. The number of Topliss-reactive ketones (excluding diaryl/α,β-unsaturated/α-hetero) is 2. The first-order valence-corrected chi connectivity index (χ1v) is 7.69. The van der Waals surface area contributed by atoms with Crippen LogP contribution in [0.5, 0.6) is 0 Å². The van der Waals surface area contributed by atoms with E-state index in [1.54, 1.807) is 31.2 Å². The molecule has 0 heterocycles. The molecule has 0 aliphatic heterocycles. The van der Waals surface area contributed by atoms with Crippen LogP contribution >= 0.6 is 0 Å². The van der Waals surface area contributed by atoms with Crippen LogP contribution in [0.1, 0.15) is 44.0 Å². The number of rotatable bonds is 4. The zero-order valence-corrected chi connectivity index (χ0v) is 13.7. The summed E-state index contributed by atoms with van der Waals surface area (Å²) in [5.74, 6) is -1.31. The van der Waals surface area contributed by atoms with Gasteiger partial charge < -0.3 is 4.74 Å². The summed E-state index contributed by atoms with van der Waals surface area (Å²) in [5, 5.41) is 0. The molecule has 0 spiro atoms. The highest BCUT2D eigenvalue weighted by Gasteiger charge is 2.38. The lowest BCUT2D eigenvalue weighted by Crippen LogP contribution is -2.38. The summed E-state index contributed by atoms with van der Waals surface area (Å²) in [7, 11) is 0. The lowest BCUT2D eigenvalue weighted by molar-refractivity contribution is -0.136.